The number of hydrogen-bond donors (Lipinski definition) is 1. The van der Waals surface area contributed by atoms with Crippen molar-refractivity contribution in [1.29, 1.82) is 5.26 Å². The van der Waals surface area contributed by atoms with Crippen molar-refractivity contribution < 1.29 is 0 Å². The average molecular weight is 290 g/mol. The van der Waals surface area contributed by atoms with Gasteiger partial charge in [0.25, 0.3) is 0 Å². The number of pyridine rings is 1. The zero-order chi connectivity index (χ0) is 13.8. The summed E-state index contributed by atoms with van der Waals surface area (Å²) in [7, 11) is 0. The Morgan fingerprint density at radius 1 is 1.16 bits per heavy atom. The van der Waals surface area contributed by atoms with Crippen molar-refractivity contribution in [3.05, 3.63) is 63.9 Å². The minimum Gasteiger partial charge on any atom is -0.397 e. The third-order valence-electron chi connectivity index (χ3n) is 2.56. The van der Waals surface area contributed by atoms with Crippen molar-refractivity contribution in [3.8, 4) is 6.07 Å². The Kier molecular flexibility index (Phi) is 4.06. The van der Waals surface area contributed by atoms with E-state index < -0.39 is 0 Å². The molecule has 1 heterocycles. The van der Waals surface area contributed by atoms with Crippen molar-refractivity contribution in [3.63, 3.8) is 0 Å². The Balaban J connectivity index is 2.67. The van der Waals surface area contributed by atoms with Crippen molar-refractivity contribution in [1.82, 2.24) is 4.98 Å². The van der Waals surface area contributed by atoms with E-state index in [0.29, 0.717) is 26.7 Å². The second-order valence-electron chi connectivity index (χ2n) is 3.74. The van der Waals surface area contributed by atoms with Crippen LogP contribution in [0.3, 0.4) is 0 Å². The van der Waals surface area contributed by atoms with Gasteiger partial charge in [-0.1, -0.05) is 35.3 Å². The first-order valence-corrected chi connectivity index (χ1v) is 6.15. The molecule has 0 fully saturated rings. The van der Waals surface area contributed by atoms with E-state index in [1.807, 2.05) is 0 Å². The highest BCUT2D eigenvalue weighted by Gasteiger charge is 2.14. The van der Waals surface area contributed by atoms with E-state index in [4.69, 9.17) is 28.9 Å². The summed E-state index contributed by atoms with van der Waals surface area (Å²) >= 11 is 12.2. The molecule has 1 aromatic heterocycles. The first-order chi connectivity index (χ1) is 9.15. The van der Waals surface area contributed by atoms with E-state index >= 15 is 0 Å². The van der Waals surface area contributed by atoms with E-state index in [9.17, 15) is 5.26 Å². The van der Waals surface area contributed by atoms with Gasteiger partial charge in [0, 0.05) is 23.5 Å². The molecule has 0 bridgehead atoms. The Bertz CT molecular complexity index is 653. The number of hydrogen-bond acceptors (Lipinski definition) is 3. The first kappa shape index (κ1) is 13.4. The van der Waals surface area contributed by atoms with Crippen LogP contribution < -0.4 is 5.73 Å². The smallest absolute Gasteiger partial charge is 0.102 e. The number of nitrogens with zero attached hydrogens (tertiary/aromatic N) is 2. The molecule has 2 rings (SSSR count). The molecule has 0 amide bonds. The van der Waals surface area contributed by atoms with E-state index in [1.54, 1.807) is 42.7 Å². The Hall–Kier alpha value is -2.02. The van der Waals surface area contributed by atoms with Crippen LogP contribution in [0.1, 0.15) is 11.1 Å². The van der Waals surface area contributed by atoms with Crippen molar-refractivity contribution in [2.24, 2.45) is 5.73 Å². The Labute approximate surface area is 120 Å². The highest BCUT2D eigenvalue weighted by molar-refractivity contribution is 6.38. The lowest BCUT2D eigenvalue weighted by molar-refractivity contribution is 1.31. The van der Waals surface area contributed by atoms with Crippen molar-refractivity contribution >= 4 is 34.5 Å². The number of nitrogens with two attached hydrogens (primary N) is 1. The fourth-order valence-corrected chi connectivity index (χ4v) is 2.27. The molecule has 5 heteroatoms. The summed E-state index contributed by atoms with van der Waals surface area (Å²) < 4.78 is 0. The number of nitriles is 1. The predicted octanol–water partition coefficient (Wildman–Crippen LogP) is 3.74. The van der Waals surface area contributed by atoms with Crippen LogP contribution in [0.4, 0.5) is 0 Å². The molecule has 0 saturated carbocycles. The topological polar surface area (TPSA) is 62.7 Å². The third-order valence-corrected chi connectivity index (χ3v) is 3.19. The third kappa shape index (κ3) is 2.70. The van der Waals surface area contributed by atoms with Gasteiger partial charge in [0.15, 0.2) is 0 Å². The molecule has 0 aliphatic carbocycles. The summed E-state index contributed by atoms with van der Waals surface area (Å²) in [4.78, 5) is 3.97. The monoisotopic (exact) mass is 289 g/mol. The van der Waals surface area contributed by atoms with Gasteiger partial charge in [-0.05, 0) is 18.2 Å². The highest BCUT2D eigenvalue weighted by atomic mass is 35.5. The number of rotatable bonds is 2. The van der Waals surface area contributed by atoms with Gasteiger partial charge in [-0.3, -0.25) is 4.98 Å². The summed E-state index contributed by atoms with van der Waals surface area (Å²) in [5.74, 6) is 0. The SMILES string of the molecule is N#C/C(=C(/N)c1c(Cl)cccc1Cl)c1cccnc1. The summed E-state index contributed by atoms with van der Waals surface area (Å²) in [6.45, 7) is 0. The van der Waals surface area contributed by atoms with Crippen LogP contribution in [-0.4, -0.2) is 4.98 Å². The van der Waals surface area contributed by atoms with Gasteiger partial charge in [0.05, 0.1) is 21.3 Å². The molecule has 0 unspecified atom stereocenters. The summed E-state index contributed by atoms with van der Waals surface area (Å²) in [5.41, 5.74) is 7.67. The molecule has 0 radical (unpaired) electrons. The minimum atomic E-state index is 0.242. The lowest BCUT2D eigenvalue weighted by atomic mass is 10.0. The fourth-order valence-electron chi connectivity index (χ4n) is 1.67. The molecular formula is C14H9Cl2N3. The zero-order valence-corrected chi connectivity index (χ0v) is 11.3. The standard InChI is InChI=1S/C14H9Cl2N3/c15-11-4-1-5-12(16)13(11)14(18)10(7-17)9-3-2-6-19-8-9/h1-6,8H,18H2/b14-10-. The van der Waals surface area contributed by atoms with Gasteiger partial charge >= 0.3 is 0 Å². The molecule has 0 atom stereocenters. The molecule has 0 saturated heterocycles. The largest absolute Gasteiger partial charge is 0.397 e. The second-order valence-corrected chi connectivity index (χ2v) is 4.55. The van der Waals surface area contributed by atoms with Gasteiger partial charge in [-0.2, -0.15) is 5.26 Å². The molecule has 0 spiro atoms. The van der Waals surface area contributed by atoms with E-state index in [0.717, 1.165) is 0 Å². The van der Waals surface area contributed by atoms with Crippen molar-refractivity contribution in [2.45, 2.75) is 0 Å². The lowest BCUT2D eigenvalue weighted by Gasteiger charge is -2.09. The van der Waals surface area contributed by atoms with Crippen LogP contribution in [-0.2, 0) is 0 Å². The number of allylic oxidation sites excluding steroid dienone is 1. The van der Waals surface area contributed by atoms with Crippen LogP contribution in [0.2, 0.25) is 10.0 Å². The number of halogens is 2. The van der Waals surface area contributed by atoms with Gasteiger partial charge < -0.3 is 5.73 Å². The second kappa shape index (κ2) is 5.75. The Morgan fingerprint density at radius 2 is 1.84 bits per heavy atom. The lowest BCUT2D eigenvalue weighted by Crippen LogP contribution is -2.02. The molecule has 2 aromatic rings. The van der Waals surface area contributed by atoms with Gasteiger partial charge in [-0.25, -0.2) is 0 Å². The molecule has 0 aliphatic heterocycles. The maximum atomic E-state index is 9.29. The summed E-state index contributed by atoms with van der Waals surface area (Å²) in [6, 6.07) is 10.6. The molecule has 0 aliphatic rings. The molecule has 19 heavy (non-hydrogen) atoms. The van der Waals surface area contributed by atoms with Crippen LogP contribution in [0, 0.1) is 11.3 Å². The molecular weight excluding hydrogens is 281 g/mol. The number of benzene rings is 1. The van der Waals surface area contributed by atoms with Crippen molar-refractivity contribution in [2.75, 3.05) is 0 Å². The minimum absolute atomic E-state index is 0.242. The normalized spacial score (nSPS) is 11.6. The molecule has 3 nitrogen and oxygen atoms in total. The van der Waals surface area contributed by atoms with E-state index in [1.165, 1.54) is 0 Å². The van der Waals surface area contributed by atoms with Crippen LogP contribution in [0.15, 0.2) is 42.7 Å². The van der Waals surface area contributed by atoms with Crippen LogP contribution >= 0.6 is 23.2 Å². The molecule has 94 valence electrons. The molecule has 2 N–H and O–H groups in total. The highest BCUT2D eigenvalue weighted by Crippen LogP contribution is 2.32. The maximum Gasteiger partial charge on any atom is 0.102 e. The summed E-state index contributed by atoms with van der Waals surface area (Å²) in [5, 5.41) is 10.1. The molecule has 1 aromatic carbocycles. The van der Waals surface area contributed by atoms with Gasteiger partial charge in [0.2, 0.25) is 0 Å². The van der Waals surface area contributed by atoms with Gasteiger partial charge in [-0.15, -0.1) is 0 Å². The van der Waals surface area contributed by atoms with Crippen LogP contribution in [0.5, 0.6) is 0 Å². The van der Waals surface area contributed by atoms with Gasteiger partial charge in [0.1, 0.15) is 6.07 Å². The summed E-state index contributed by atoms with van der Waals surface area (Å²) in [6.07, 6.45) is 3.19. The van der Waals surface area contributed by atoms with Crippen LogP contribution in [0.25, 0.3) is 11.3 Å². The maximum absolute atomic E-state index is 9.29. The average Bonchev–Trinajstić information content (AvgIpc) is 2.40. The number of aromatic nitrogens is 1. The fraction of sp³-hybridized carbons (Fsp3) is 0. The zero-order valence-electron chi connectivity index (χ0n) is 9.77. The van der Waals surface area contributed by atoms with E-state index in [-0.39, 0.29) is 5.70 Å². The first-order valence-electron chi connectivity index (χ1n) is 5.39. The van der Waals surface area contributed by atoms with E-state index in [2.05, 4.69) is 11.1 Å². The predicted molar refractivity (Wildman–Crippen MR) is 77.3 cm³/mol. The Morgan fingerprint density at radius 3 is 2.37 bits per heavy atom. The quantitative estimate of drug-likeness (QED) is 0.857.